The van der Waals surface area contributed by atoms with Crippen LogP contribution in [0.1, 0.15) is 24.7 Å². The van der Waals surface area contributed by atoms with Gasteiger partial charge in [-0.3, -0.25) is 14.8 Å². The van der Waals surface area contributed by atoms with E-state index in [1.807, 2.05) is 24.1 Å². The van der Waals surface area contributed by atoms with Crippen LogP contribution in [0.5, 0.6) is 0 Å². The van der Waals surface area contributed by atoms with E-state index in [1.54, 1.807) is 0 Å². The average Bonchev–Trinajstić information content (AvgIpc) is 2.29. The van der Waals surface area contributed by atoms with E-state index in [9.17, 15) is 4.79 Å². The normalized spacial score (nSPS) is 14.1. The molecule has 0 spiro atoms. The molecule has 0 radical (unpaired) electrons. The molecule has 1 amide bonds. The molecule has 2 heterocycles. The molecule has 0 N–H and O–H groups in total. The van der Waals surface area contributed by atoms with Crippen molar-refractivity contribution in [1.29, 1.82) is 0 Å². The summed E-state index contributed by atoms with van der Waals surface area (Å²) in [6, 6.07) is 3.96. The Morgan fingerprint density at radius 3 is 3.00 bits per heavy atom. The number of aryl methyl sites for hydroxylation is 2. The lowest BCUT2D eigenvalue weighted by atomic mass is 10.1. The summed E-state index contributed by atoms with van der Waals surface area (Å²) in [7, 11) is 0. The first kappa shape index (κ1) is 12.0. The van der Waals surface area contributed by atoms with Crippen molar-refractivity contribution in [3.05, 3.63) is 23.5 Å². The van der Waals surface area contributed by atoms with Gasteiger partial charge in [0.15, 0.2) is 0 Å². The zero-order valence-electron chi connectivity index (χ0n) is 10.0. The summed E-state index contributed by atoms with van der Waals surface area (Å²) in [6.45, 7) is 4.28. The van der Waals surface area contributed by atoms with Crippen LogP contribution < -0.4 is 5.01 Å². The SMILES string of the molecule is CC(=O)N(C=S)N1CCCc2nc(C)ccc21. The fourth-order valence-corrected chi connectivity index (χ4v) is 2.33. The van der Waals surface area contributed by atoms with Crippen LogP contribution in [-0.2, 0) is 11.2 Å². The highest BCUT2D eigenvalue weighted by Gasteiger charge is 2.23. The Kier molecular flexibility index (Phi) is 3.38. The molecule has 0 saturated carbocycles. The van der Waals surface area contributed by atoms with E-state index < -0.39 is 0 Å². The Morgan fingerprint density at radius 1 is 1.59 bits per heavy atom. The average molecular weight is 249 g/mol. The van der Waals surface area contributed by atoms with Gasteiger partial charge in [0.1, 0.15) is 0 Å². The number of amides is 1. The van der Waals surface area contributed by atoms with Crippen LogP contribution in [0, 0.1) is 6.92 Å². The molecular weight excluding hydrogens is 234 g/mol. The Morgan fingerprint density at radius 2 is 2.35 bits per heavy atom. The maximum Gasteiger partial charge on any atom is 0.242 e. The van der Waals surface area contributed by atoms with Crippen molar-refractivity contribution in [1.82, 2.24) is 9.99 Å². The first-order valence-electron chi connectivity index (χ1n) is 5.62. The van der Waals surface area contributed by atoms with Gasteiger partial charge in [-0.2, -0.15) is 0 Å². The molecule has 1 aliphatic rings. The molecule has 0 aliphatic carbocycles. The summed E-state index contributed by atoms with van der Waals surface area (Å²) in [5, 5.41) is 3.38. The van der Waals surface area contributed by atoms with E-state index in [1.165, 1.54) is 17.4 Å². The second-order valence-corrected chi connectivity index (χ2v) is 4.32. The number of hydrogen-bond acceptors (Lipinski definition) is 4. The number of hydrazine groups is 1. The predicted octanol–water partition coefficient (Wildman–Crippen LogP) is 1.86. The predicted molar refractivity (Wildman–Crippen MR) is 70.8 cm³/mol. The molecule has 1 aliphatic heterocycles. The van der Waals surface area contributed by atoms with Crippen molar-refractivity contribution in [3.63, 3.8) is 0 Å². The monoisotopic (exact) mass is 249 g/mol. The molecule has 1 aromatic rings. The number of nitrogens with zero attached hydrogens (tertiary/aromatic N) is 3. The van der Waals surface area contributed by atoms with Gasteiger partial charge in [0.05, 0.1) is 16.9 Å². The number of carbonyl (C=O) groups excluding carboxylic acids is 1. The Labute approximate surface area is 106 Å². The summed E-state index contributed by atoms with van der Waals surface area (Å²) in [5.41, 5.74) is 4.41. The molecule has 0 atom stereocenters. The van der Waals surface area contributed by atoms with Gasteiger partial charge in [0.25, 0.3) is 0 Å². The number of pyridine rings is 1. The third-order valence-electron chi connectivity index (χ3n) is 2.83. The minimum absolute atomic E-state index is 0.0755. The standard InChI is InChI=1S/C12H15N3OS/c1-9-5-6-12-11(13-9)4-3-7-14(12)15(8-17)10(2)16/h5-6,8H,3-4,7H2,1-2H3. The fourth-order valence-electron chi connectivity index (χ4n) is 2.06. The largest absolute Gasteiger partial charge is 0.276 e. The number of thiocarbonyl (C=S) groups is 1. The molecule has 0 saturated heterocycles. The molecule has 90 valence electrons. The Balaban J connectivity index is 2.40. The smallest absolute Gasteiger partial charge is 0.242 e. The van der Waals surface area contributed by atoms with Crippen molar-refractivity contribution in [3.8, 4) is 0 Å². The second-order valence-electron chi connectivity index (χ2n) is 4.11. The van der Waals surface area contributed by atoms with Crippen LogP contribution in [0.4, 0.5) is 5.69 Å². The molecule has 0 unspecified atom stereocenters. The molecule has 4 nitrogen and oxygen atoms in total. The topological polar surface area (TPSA) is 36.4 Å². The highest BCUT2D eigenvalue weighted by molar-refractivity contribution is 7.78. The van der Waals surface area contributed by atoms with Crippen LogP contribution in [-0.4, -0.2) is 27.9 Å². The molecular formula is C12H15N3OS. The maximum atomic E-state index is 11.5. The van der Waals surface area contributed by atoms with Gasteiger partial charge in [0.2, 0.25) is 5.91 Å². The van der Waals surface area contributed by atoms with Crippen LogP contribution in [0.15, 0.2) is 12.1 Å². The minimum atomic E-state index is -0.0755. The Hall–Kier alpha value is -1.49. The number of aromatic nitrogens is 1. The lowest BCUT2D eigenvalue weighted by Crippen LogP contribution is -2.47. The summed E-state index contributed by atoms with van der Waals surface area (Å²) in [4.78, 5) is 16.0. The third-order valence-corrected chi connectivity index (χ3v) is 3.03. The summed E-state index contributed by atoms with van der Waals surface area (Å²) in [5.74, 6) is -0.0755. The first-order chi connectivity index (χ1) is 8.13. The zero-order chi connectivity index (χ0) is 12.4. The molecule has 1 aromatic heterocycles. The molecule has 0 aromatic carbocycles. The molecule has 0 bridgehead atoms. The van der Waals surface area contributed by atoms with E-state index in [4.69, 9.17) is 12.2 Å². The van der Waals surface area contributed by atoms with E-state index in [-0.39, 0.29) is 5.91 Å². The number of rotatable bonds is 2. The van der Waals surface area contributed by atoms with Crippen molar-refractivity contribution < 1.29 is 4.79 Å². The van der Waals surface area contributed by atoms with Gasteiger partial charge < -0.3 is 0 Å². The molecule has 0 fully saturated rings. The van der Waals surface area contributed by atoms with Gasteiger partial charge in [-0.1, -0.05) is 12.2 Å². The maximum absolute atomic E-state index is 11.5. The third kappa shape index (κ3) is 2.29. The van der Waals surface area contributed by atoms with Gasteiger partial charge >= 0.3 is 0 Å². The van der Waals surface area contributed by atoms with E-state index in [0.717, 1.165) is 36.5 Å². The van der Waals surface area contributed by atoms with E-state index >= 15 is 0 Å². The summed E-state index contributed by atoms with van der Waals surface area (Å²) in [6.07, 6.45) is 1.94. The zero-order valence-corrected chi connectivity index (χ0v) is 10.8. The van der Waals surface area contributed by atoms with Gasteiger partial charge in [-0.25, -0.2) is 5.01 Å². The first-order valence-corrected chi connectivity index (χ1v) is 6.09. The second kappa shape index (κ2) is 4.79. The Bertz CT molecular complexity index is 461. The van der Waals surface area contributed by atoms with Crippen LogP contribution in [0.25, 0.3) is 0 Å². The molecule has 17 heavy (non-hydrogen) atoms. The van der Waals surface area contributed by atoms with Crippen LogP contribution in [0.2, 0.25) is 0 Å². The lowest BCUT2D eigenvalue weighted by molar-refractivity contribution is -0.125. The van der Waals surface area contributed by atoms with Crippen molar-refractivity contribution in [2.75, 3.05) is 11.6 Å². The van der Waals surface area contributed by atoms with E-state index in [2.05, 4.69) is 4.98 Å². The molecule has 5 heteroatoms. The number of hydrogen-bond donors (Lipinski definition) is 0. The van der Waals surface area contributed by atoms with Crippen LogP contribution in [0.3, 0.4) is 0 Å². The number of anilines is 1. The van der Waals surface area contributed by atoms with Crippen LogP contribution >= 0.6 is 12.2 Å². The van der Waals surface area contributed by atoms with Gasteiger partial charge in [0, 0.05) is 19.2 Å². The highest BCUT2D eigenvalue weighted by atomic mass is 32.1. The highest BCUT2D eigenvalue weighted by Crippen LogP contribution is 2.26. The lowest BCUT2D eigenvalue weighted by Gasteiger charge is -2.36. The number of fused-ring (bicyclic) bond motifs is 1. The van der Waals surface area contributed by atoms with Crippen molar-refractivity contribution in [2.45, 2.75) is 26.7 Å². The van der Waals surface area contributed by atoms with E-state index in [0.29, 0.717) is 0 Å². The summed E-state index contributed by atoms with van der Waals surface area (Å²) >= 11 is 4.90. The summed E-state index contributed by atoms with van der Waals surface area (Å²) < 4.78 is 0. The minimum Gasteiger partial charge on any atom is -0.276 e. The van der Waals surface area contributed by atoms with Gasteiger partial charge in [-0.15, -0.1) is 0 Å². The van der Waals surface area contributed by atoms with Gasteiger partial charge in [-0.05, 0) is 31.9 Å². The van der Waals surface area contributed by atoms with Crippen molar-refractivity contribution in [2.24, 2.45) is 0 Å². The van der Waals surface area contributed by atoms with Crippen molar-refractivity contribution >= 4 is 29.3 Å². The fraction of sp³-hybridized carbons (Fsp3) is 0.417. The number of carbonyl (C=O) groups is 1. The quantitative estimate of drug-likeness (QED) is 0.750. The molecule has 2 rings (SSSR count).